The van der Waals surface area contributed by atoms with Crippen molar-refractivity contribution in [3.8, 4) is 0 Å². The van der Waals surface area contributed by atoms with Gasteiger partial charge in [0.15, 0.2) is 0 Å². The Morgan fingerprint density at radius 2 is 2.21 bits per heavy atom. The number of aromatic carboxylic acids is 1. The minimum absolute atomic E-state index is 0.0481. The van der Waals surface area contributed by atoms with Crippen molar-refractivity contribution >= 4 is 17.7 Å². The molecule has 0 radical (unpaired) electrons. The van der Waals surface area contributed by atoms with Crippen LogP contribution >= 0.6 is 0 Å². The van der Waals surface area contributed by atoms with Crippen LogP contribution in [0.1, 0.15) is 36.7 Å². The van der Waals surface area contributed by atoms with Crippen molar-refractivity contribution in [1.29, 1.82) is 0 Å². The Bertz CT molecular complexity index is 469. The first kappa shape index (κ1) is 13.3. The van der Waals surface area contributed by atoms with Gasteiger partial charge in [0.05, 0.1) is 11.9 Å². The smallest absolute Gasteiger partial charge is 0.354 e. The van der Waals surface area contributed by atoms with Gasteiger partial charge in [0.2, 0.25) is 0 Å². The molecule has 102 valence electrons. The summed E-state index contributed by atoms with van der Waals surface area (Å²) in [6, 6.07) is 2.71. The number of urea groups is 1. The lowest BCUT2D eigenvalue weighted by atomic mass is 10.2. The lowest BCUT2D eigenvalue weighted by Crippen LogP contribution is -2.36. The molecule has 0 spiro atoms. The molecule has 1 aromatic rings. The quantitative estimate of drug-likeness (QED) is 0.758. The number of nitrogens with one attached hydrogen (secondary N) is 2. The van der Waals surface area contributed by atoms with Crippen LogP contribution in [0.25, 0.3) is 0 Å². The molecule has 1 fully saturated rings. The molecule has 1 unspecified atom stereocenters. The molecule has 0 saturated heterocycles. The molecular formula is C13H17N3O3. The molecule has 3 N–H and O–H groups in total. The molecule has 0 aliphatic heterocycles. The zero-order valence-electron chi connectivity index (χ0n) is 10.7. The van der Waals surface area contributed by atoms with Crippen molar-refractivity contribution in [2.24, 2.45) is 5.92 Å². The fourth-order valence-electron chi connectivity index (χ4n) is 1.90. The number of hydrogen-bond donors (Lipinski definition) is 3. The number of carbonyl (C=O) groups is 2. The summed E-state index contributed by atoms with van der Waals surface area (Å²) in [4.78, 5) is 26.0. The maximum atomic E-state index is 11.7. The minimum atomic E-state index is -1.09. The van der Waals surface area contributed by atoms with E-state index in [9.17, 15) is 9.59 Å². The van der Waals surface area contributed by atoms with Gasteiger partial charge in [-0.05, 0) is 31.4 Å². The highest BCUT2D eigenvalue weighted by molar-refractivity contribution is 5.90. The molecule has 0 aromatic carbocycles. The molecule has 0 bridgehead atoms. The molecule has 1 aromatic heterocycles. The van der Waals surface area contributed by atoms with Crippen LogP contribution in [0.4, 0.5) is 10.5 Å². The first-order valence-corrected chi connectivity index (χ1v) is 6.31. The summed E-state index contributed by atoms with van der Waals surface area (Å²) < 4.78 is 0. The third-order valence-electron chi connectivity index (χ3n) is 3.00. The fraction of sp³-hybridized carbons (Fsp3) is 0.462. The van der Waals surface area contributed by atoms with E-state index >= 15 is 0 Å². The van der Waals surface area contributed by atoms with Crippen LogP contribution < -0.4 is 10.6 Å². The summed E-state index contributed by atoms with van der Waals surface area (Å²) in [7, 11) is 0. The molecule has 2 amide bonds. The number of nitrogens with zero attached hydrogens (tertiary/aromatic N) is 1. The van der Waals surface area contributed by atoms with Gasteiger partial charge in [-0.2, -0.15) is 0 Å². The second kappa shape index (κ2) is 5.69. The Hall–Kier alpha value is -2.11. The fourth-order valence-corrected chi connectivity index (χ4v) is 1.90. The van der Waals surface area contributed by atoms with E-state index in [4.69, 9.17) is 5.11 Å². The Morgan fingerprint density at radius 1 is 1.47 bits per heavy atom. The third-order valence-corrected chi connectivity index (χ3v) is 3.00. The number of carbonyl (C=O) groups excluding carboxylic acids is 1. The Balaban J connectivity index is 1.82. The zero-order chi connectivity index (χ0) is 13.8. The molecule has 1 atom stereocenters. The van der Waals surface area contributed by atoms with Crippen molar-refractivity contribution in [3.05, 3.63) is 24.0 Å². The van der Waals surface area contributed by atoms with E-state index in [2.05, 4.69) is 15.6 Å². The van der Waals surface area contributed by atoms with Gasteiger partial charge in [-0.15, -0.1) is 0 Å². The summed E-state index contributed by atoms with van der Waals surface area (Å²) in [6.45, 7) is 1.98. The second-order valence-corrected chi connectivity index (χ2v) is 4.92. The number of hydrogen-bond acceptors (Lipinski definition) is 3. The van der Waals surface area contributed by atoms with Crippen LogP contribution in [0.5, 0.6) is 0 Å². The maximum absolute atomic E-state index is 11.7. The van der Waals surface area contributed by atoms with Crippen molar-refractivity contribution in [2.45, 2.75) is 32.2 Å². The summed E-state index contributed by atoms with van der Waals surface area (Å²) in [6.07, 6.45) is 4.85. The molecule has 1 saturated carbocycles. The largest absolute Gasteiger partial charge is 0.477 e. The SMILES string of the molecule is CC(CC1CC1)NC(=O)Nc1ccc(C(=O)O)nc1. The Morgan fingerprint density at radius 3 is 2.74 bits per heavy atom. The van der Waals surface area contributed by atoms with Crippen molar-refractivity contribution in [1.82, 2.24) is 10.3 Å². The van der Waals surface area contributed by atoms with Gasteiger partial charge in [0.25, 0.3) is 0 Å². The Labute approximate surface area is 111 Å². The summed E-state index contributed by atoms with van der Waals surface area (Å²) >= 11 is 0. The highest BCUT2D eigenvalue weighted by Gasteiger charge is 2.24. The van der Waals surface area contributed by atoms with Crippen LogP contribution in [0.3, 0.4) is 0 Å². The standard InChI is InChI=1S/C13H17N3O3/c1-8(6-9-2-3-9)15-13(19)16-10-4-5-11(12(17)18)14-7-10/h4-5,7-9H,2-3,6H2,1H3,(H,17,18)(H2,15,16,19). The molecule has 1 heterocycles. The van der Waals surface area contributed by atoms with Crippen molar-refractivity contribution in [2.75, 3.05) is 5.32 Å². The molecule has 1 aliphatic rings. The predicted octanol–water partition coefficient (Wildman–Crippen LogP) is 2.09. The highest BCUT2D eigenvalue weighted by Crippen LogP contribution is 2.33. The maximum Gasteiger partial charge on any atom is 0.354 e. The first-order valence-electron chi connectivity index (χ1n) is 6.31. The van der Waals surface area contributed by atoms with E-state index in [1.54, 1.807) is 0 Å². The number of pyridine rings is 1. The number of rotatable bonds is 5. The molecule has 6 heteroatoms. The predicted molar refractivity (Wildman–Crippen MR) is 70.2 cm³/mol. The van der Waals surface area contributed by atoms with Crippen molar-refractivity contribution < 1.29 is 14.7 Å². The number of amides is 2. The normalized spacial score (nSPS) is 15.6. The number of aromatic nitrogens is 1. The zero-order valence-corrected chi connectivity index (χ0v) is 10.7. The van der Waals surface area contributed by atoms with E-state index in [1.807, 2.05) is 6.92 Å². The topological polar surface area (TPSA) is 91.3 Å². The average Bonchev–Trinajstić information content (AvgIpc) is 3.13. The van der Waals surface area contributed by atoms with Gasteiger partial charge >= 0.3 is 12.0 Å². The summed E-state index contributed by atoms with van der Waals surface area (Å²) in [5.41, 5.74) is 0.425. The van der Waals surface area contributed by atoms with Crippen molar-refractivity contribution in [3.63, 3.8) is 0 Å². The minimum Gasteiger partial charge on any atom is -0.477 e. The highest BCUT2D eigenvalue weighted by atomic mass is 16.4. The molecular weight excluding hydrogens is 246 g/mol. The average molecular weight is 263 g/mol. The van der Waals surface area contributed by atoms with Gasteiger partial charge in [0.1, 0.15) is 5.69 Å². The van der Waals surface area contributed by atoms with Gasteiger partial charge in [-0.1, -0.05) is 12.8 Å². The first-order chi connectivity index (χ1) is 9.04. The van der Waals surface area contributed by atoms with E-state index in [0.29, 0.717) is 5.69 Å². The van der Waals surface area contributed by atoms with E-state index in [0.717, 1.165) is 12.3 Å². The summed E-state index contributed by atoms with van der Waals surface area (Å²) in [5.74, 6) is -0.333. The van der Waals surface area contributed by atoms with Gasteiger partial charge < -0.3 is 15.7 Å². The van der Waals surface area contributed by atoms with E-state index in [-0.39, 0.29) is 17.8 Å². The van der Waals surface area contributed by atoms with Crippen LogP contribution in [0, 0.1) is 5.92 Å². The molecule has 6 nitrogen and oxygen atoms in total. The second-order valence-electron chi connectivity index (χ2n) is 4.92. The third kappa shape index (κ3) is 4.24. The van der Waals surface area contributed by atoms with Crippen LogP contribution in [0.2, 0.25) is 0 Å². The Kier molecular flexibility index (Phi) is 3.99. The van der Waals surface area contributed by atoms with Crippen LogP contribution in [0.15, 0.2) is 18.3 Å². The van der Waals surface area contributed by atoms with Crippen LogP contribution in [-0.2, 0) is 0 Å². The van der Waals surface area contributed by atoms with E-state index < -0.39 is 5.97 Å². The van der Waals surface area contributed by atoms with Crippen LogP contribution in [-0.4, -0.2) is 28.1 Å². The van der Waals surface area contributed by atoms with Gasteiger partial charge in [-0.3, -0.25) is 0 Å². The summed E-state index contributed by atoms with van der Waals surface area (Å²) in [5, 5.41) is 14.2. The lowest BCUT2D eigenvalue weighted by molar-refractivity contribution is 0.0690. The van der Waals surface area contributed by atoms with Gasteiger partial charge in [0, 0.05) is 6.04 Å². The molecule has 19 heavy (non-hydrogen) atoms. The molecule has 2 rings (SSSR count). The number of carboxylic acids is 1. The van der Waals surface area contributed by atoms with Gasteiger partial charge in [-0.25, -0.2) is 14.6 Å². The lowest BCUT2D eigenvalue weighted by Gasteiger charge is -2.14. The number of anilines is 1. The van der Waals surface area contributed by atoms with E-state index in [1.165, 1.54) is 31.2 Å². The number of carboxylic acid groups (broad SMARTS) is 1. The monoisotopic (exact) mass is 263 g/mol. The molecule has 1 aliphatic carbocycles.